The number of aromatic nitrogens is 2. The van der Waals surface area contributed by atoms with Crippen LogP contribution in [0.1, 0.15) is 38.3 Å². The molecule has 3 aromatic carbocycles. The lowest BCUT2D eigenvalue weighted by Gasteiger charge is -2.40. The van der Waals surface area contributed by atoms with E-state index in [9.17, 15) is 14.4 Å². The largest absolute Gasteiger partial charge is 0.342 e. The maximum absolute atomic E-state index is 13.4. The third-order valence-corrected chi connectivity index (χ3v) is 6.08. The van der Waals surface area contributed by atoms with E-state index < -0.39 is 6.17 Å². The predicted molar refractivity (Wildman–Crippen MR) is 123 cm³/mol. The lowest BCUT2D eigenvalue weighted by Crippen LogP contribution is -2.50. The molecule has 3 amide bonds. The van der Waals surface area contributed by atoms with Crippen molar-refractivity contribution in [3.63, 3.8) is 0 Å². The Balaban J connectivity index is 1.35. The molecule has 1 atom stereocenters. The van der Waals surface area contributed by atoms with Gasteiger partial charge in [0.2, 0.25) is 5.91 Å². The molecule has 0 fully saturated rings. The van der Waals surface area contributed by atoms with Crippen LogP contribution in [-0.4, -0.2) is 39.1 Å². The zero-order valence-corrected chi connectivity index (χ0v) is 17.7. The highest BCUT2D eigenvalue weighted by molar-refractivity contribution is 6.17. The minimum absolute atomic E-state index is 0.180. The number of benzene rings is 3. The number of carbonyl (C=O) groups is 3. The van der Waals surface area contributed by atoms with Gasteiger partial charge >= 0.3 is 0 Å². The second kappa shape index (κ2) is 7.03. The third kappa shape index (κ3) is 2.91. The van der Waals surface area contributed by atoms with Crippen molar-refractivity contribution in [2.24, 2.45) is 0 Å². The van der Waals surface area contributed by atoms with Gasteiger partial charge in [0.05, 0.1) is 22.3 Å². The van der Waals surface area contributed by atoms with Crippen LogP contribution in [0, 0.1) is 6.92 Å². The Morgan fingerprint density at radius 3 is 2.61 bits per heavy atom. The molecule has 162 valence electrons. The van der Waals surface area contributed by atoms with Gasteiger partial charge in [-0.3, -0.25) is 19.3 Å². The van der Waals surface area contributed by atoms with Crippen LogP contribution in [0.5, 0.6) is 0 Å². The van der Waals surface area contributed by atoms with Crippen LogP contribution in [0.2, 0.25) is 0 Å². The molecule has 0 bridgehead atoms. The molecular weight excluding hydrogens is 418 g/mol. The fourth-order valence-electron chi connectivity index (χ4n) is 4.70. The number of amides is 3. The number of carbonyl (C=O) groups excluding carboxylic acids is 3. The van der Waals surface area contributed by atoms with Gasteiger partial charge in [0.1, 0.15) is 18.5 Å². The first-order chi connectivity index (χ1) is 16.0. The van der Waals surface area contributed by atoms with Crippen molar-refractivity contribution in [2.45, 2.75) is 13.1 Å². The van der Waals surface area contributed by atoms with Crippen molar-refractivity contribution in [2.75, 3.05) is 16.8 Å². The second-order valence-electron chi connectivity index (χ2n) is 8.19. The molecule has 2 aliphatic heterocycles. The molecule has 4 aromatic rings. The lowest BCUT2D eigenvalue weighted by atomic mass is 10.0. The summed E-state index contributed by atoms with van der Waals surface area (Å²) < 4.78 is 0. The Morgan fingerprint density at radius 1 is 1.00 bits per heavy atom. The molecule has 2 aliphatic rings. The summed E-state index contributed by atoms with van der Waals surface area (Å²) in [7, 11) is 0. The van der Waals surface area contributed by atoms with Gasteiger partial charge in [-0.1, -0.05) is 30.3 Å². The minimum atomic E-state index is -0.667. The summed E-state index contributed by atoms with van der Waals surface area (Å²) in [5.74, 6) is -0.0296. The Hall–Kier alpha value is -4.46. The number of aryl methyl sites for hydroxylation is 1. The Kier molecular flexibility index (Phi) is 4.10. The number of fused-ring (bicyclic) bond motifs is 6. The number of nitrogens with one attached hydrogen (secondary N) is 2. The number of anilines is 2. The molecule has 2 N–H and O–H groups in total. The van der Waals surface area contributed by atoms with E-state index in [0.717, 1.165) is 16.9 Å². The number of H-pyrrole nitrogens is 1. The van der Waals surface area contributed by atoms with Gasteiger partial charge in [-0.2, -0.15) is 0 Å². The molecule has 0 saturated carbocycles. The van der Waals surface area contributed by atoms with Gasteiger partial charge in [-0.05, 0) is 43.3 Å². The van der Waals surface area contributed by atoms with E-state index in [-0.39, 0.29) is 24.3 Å². The number of nitrogens with zero attached hydrogens (tertiary/aromatic N) is 3. The molecule has 33 heavy (non-hydrogen) atoms. The van der Waals surface area contributed by atoms with E-state index in [1.165, 1.54) is 4.90 Å². The van der Waals surface area contributed by atoms with Crippen molar-refractivity contribution in [1.29, 1.82) is 0 Å². The summed E-state index contributed by atoms with van der Waals surface area (Å²) in [6.07, 6.45) is -0.667. The zero-order chi connectivity index (χ0) is 22.7. The number of aromatic amines is 1. The summed E-state index contributed by atoms with van der Waals surface area (Å²) in [6.45, 7) is 1.67. The topological polar surface area (TPSA) is 98.4 Å². The van der Waals surface area contributed by atoms with Crippen LogP contribution in [-0.2, 0) is 4.79 Å². The molecule has 1 aromatic heterocycles. The van der Waals surface area contributed by atoms with Gasteiger partial charge in [-0.25, -0.2) is 4.98 Å². The predicted octanol–water partition coefficient (Wildman–Crippen LogP) is 3.62. The fourth-order valence-corrected chi connectivity index (χ4v) is 4.70. The smallest absolute Gasteiger partial charge is 0.260 e. The van der Waals surface area contributed by atoms with Gasteiger partial charge in [0.25, 0.3) is 11.8 Å². The van der Waals surface area contributed by atoms with Crippen LogP contribution in [0.25, 0.3) is 11.0 Å². The number of imidazole rings is 1. The maximum atomic E-state index is 13.4. The molecule has 0 radical (unpaired) electrons. The van der Waals surface area contributed by atoms with Crippen molar-refractivity contribution in [3.05, 3.63) is 89.2 Å². The van der Waals surface area contributed by atoms with E-state index in [1.54, 1.807) is 53.4 Å². The quantitative estimate of drug-likeness (QED) is 0.511. The monoisotopic (exact) mass is 437 g/mol. The van der Waals surface area contributed by atoms with Crippen molar-refractivity contribution < 1.29 is 14.4 Å². The van der Waals surface area contributed by atoms with Crippen LogP contribution in [0.4, 0.5) is 11.4 Å². The fraction of sp³-hybridized carbons (Fsp3) is 0.120. The van der Waals surface area contributed by atoms with E-state index in [0.29, 0.717) is 28.1 Å². The van der Waals surface area contributed by atoms with Crippen LogP contribution < -0.4 is 10.2 Å². The van der Waals surface area contributed by atoms with E-state index in [4.69, 9.17) is 0 Å². The number of hydrogen-bond donors (Lipinski definition) is 2. The van der Waals surface area contributed by atoms with E-state index >= 15 is 0 Å². The first-order valence-electron chi connectivity index (χ1n) is 10.6. The molecule has 6 rings (SSSR count). The summed E-state index contributed by atoms with van der Waals surface area (Å²) in [4.78, 5) is 50.3. The first-order valence-corrected chi connectivity index (χ1v) is 10.6. The lowest BCUT2D eigenvalue weighted by molar-refractivity contribution is -0.117. The van der Waals surface area contributed by atoms with Gasteiger partial charge in [-0.15, -0.1) is 0 Å². The van der Waals surface area contributed by atoms with Gasteiger partial charge in [0.15, 0.2) is 0 Å². The summed E-state index contributed by atoms with van der Waals surface area (Å²) in [6, 6.07) is 19.6. The molecule has 0 saturated heterocycles. The van der Waals surface area contributed by atoms with E-state index in [1.807, 2.05) is 25.1 Å². The Morgan fingerprint density at radius 2 is 1.76 bits per heavy atom. The maximum Gasteiger partial charge on any atom is 0.260 e. The average molecular weight is 437 g/mol. The van der Waals surface area contributed by atoms with Crippen LogP contribution in [0.3, 0.4) is 0 Å². The zero-order valence-electron chi connectivity index (χ0n) is 17.7. The number of rotatable bonds is 3. The molecule has 1 unspecified atom stereocenters. The van der Waals surface area contributed by atoms with Crippen LogP contribution >= 0.6 is 0 Å². The highest BCUT2D eigenvalue weighted by Crippen LogP contribution is 2.44. The van der Waals surface area contributed by atoms with Gasteiger partial charge < -0.3 is 15.2 Å². The molecular formula is C25H19N5O3. The first kappa shape index (κ1) is 19.2. The SMILES string of the molecule is Cc1nc2ccc(NC(=O)CN3C(=O)c4ccccc4N4C(=O)c5ccccc5C34)cc2[nH]1. The molecule has 3 heterocycles. The normalized spacial score (nSPS) is 16.6. The summed E-state index contributed by atoms with van der Waals surface area (Å²) in [5.41, 5.74) is 4.44. The van der Waals surface area contributed by atoms with Crippen LogP contribution in [0.15, 0.2) is 66.7 Å². The minimum Gasteiger partial charge on any atom is -0.342 e. The second-order valence-corrected chi connectivity index (χ2v) is 8.19. The average Bonchev–Trinajstić information content (AvgIpc) is 3.33. The van der Waals surface area contributed by atoms with Crippen molar-refractivity contribution in [3.8, 4) is 0 Å². The summed E-state index contributed by atoms with van der Waals surface area (Å²) in [5, 5.41) is 2.87. The molecule has 0 aliphatic carbocycles. The molecule has 8 nitrogen and oxygen atoms in total. The Bertz CT molecular complexity index is 1470. The molecule has 8 heteroatoms. The highest BCUT2D eigenvalue weighted by Gasteiger charge is 2.48. The van der Waals surface area contributed by atoms with E-state index in [2.05, 4.69) is 15.3 Å². The van der Waals surface area contributed by atoms with Gasteiger partial charge in [0, 0.05) is 16.8 Å². The summed E-state index contributed by atoms with van der Waals surface area (Å²) >= 11 is 0. The standard InChI is InChI=1S/C25H19N5O3/c1-14-26-19-11-10-15(12-20(19)27-14)28-22(31)13-29-23-16-6-2-3-7-17(16)25(33)30(23)21-9-5-4-8-18(21)24(29)32/h2-12,23H,13H2,1H3,(H,26,27)(H,28,31). The van der Waals surface area contributed by atoms with Crippen molar-refractivity contribution in [1.82, 2.24) is 14.9 Å². The van der Waals surface area contributed by atoms with Crippen molar-refractivity contribution >= 4 is 40.1 Å². The third-order valence-electron chi connectivity index (χ3n) is 6.08. The highest BCUT2D eigenvalue weighted by atomic mass is 16.2. The number of hydrogen-bond acceptors (Lipinski definition) is 4. The molecule has 0 spiro atoms. The Labute approximate surface area is 188 Å². The number of para-hydroxylation sites is 1.